The van der Waals surface area contributed by atoms with Crippen LogP contribution in [-0.2, 0) is 11.2 Å². The summed E-state index contributed by atoms with van der Waals surface area (Å²) >= 11 is 5.79. The molecule has 2 rings (SSSR count). The average Bonchev–Trinajstić information content (AvgIpc) is 2.49. The number of hydrazine groups is 1. The predicted octanol–water partition coefficient (Wildman–Crippen LogP) is 2.12. The van der Waals surface area contributed by atoms with Crippen LogP contribution in [0.3, 0.4) is 0 Å². The lowest BCUT2D eigenvalue weighted by atomic mass is 10.1. The number of rotatable bonds is 4. The molecule has 2 aromatic carbocycles. The topological polar surface area (TPSA) is 84.2 Å². The summed E-state index contributed by atoms with van der Waals surface area (Å²) in [5, 5.41) is 3.32. The molecule has 0 saturated carbocycles. The number of carbonyl (C=O) groups excluding carboxylic acids is 2. The third kappa shape index (κ3) is 4.05. The Morgan fingerprint density at radius 1 is 1.05 bits per heavy atom. The molecule has 6 heteroatoms. The Labute approximate surface area is 127 Å². The molecule has 5 nitrogen and oxygen atoms in total. The summed E-state index contributed by atoms with van der Waals surface area (Å²) < 4.78 is 0. The maximum atomic E-state index is 12.0. The van der Waals surface area contributed by atoms with Crippen molar-refractivity contribution in [3.63, 3.8) is 0 Å². The van der Waals surface area contributed by atoms with Gasteiger partial charge in [0, 0.05) is 5.02 Å². The van der Waals surface area contributed by atoms with Gasteiger partial charge in [0.25, 0.3) is 5.91 Å². The lowest BCUT2D eigenvalue weighted by molar-refractivity contribution is -0.115. The first-order valence-corrected chi connectivity index (χ1v) is 6.62. The maximum Gasteiger partial charge on any atom is 0.267 e. The monoisotopic (exact) mass is 303 g/mol. The summed E-state index contributed by atoms with van der Waals surface area (Å²) in [6, 6.07) is 13.6. The van der Waals surface area contributed by atoms with Crippen molar-refractivity contribution in [1.82, 2.24) is 5.43 Å². The Kier molecular flexibility index (Phi) is 4.92. The number of hydrogen-bond donors (Lipinski definition) is 3. The molecule has 0 aliphatic heterocycles. The van der Waals surface area contributed by atoms with Crippen LogP contribution in [0.25, 0.3) is 0 Å². The zero-order chi connectivity index (χ0) is 15.2. The molecule has 0 heterocycles. The van der Waals surface area contributed by atoms with Crippen LogP contribution < -0.4 is 16.6 Å². The van der Waals surface area contributed by atoms with E-state index < -0.39 is 5.91 Å². The molecule has 0 spiro atoms. The zero-order valence-electron chi connectivity index (χ0n) is 11.1. The molecule has 0 bridgehead atoms. The highest BCUT2D eigenvalue weighted by Gasteiger charge is 2.12. The second-order valence-electron chi connectivity index (χ2n) is 4.37. The molecule has 0 fully saturated rings. The fraction of sp³-hybridized carbons (Fsp3) is 0.0667. The normalized spacial score (nSPS) is 10.0. The second-order valence-corrected chi connectivity index (χ2v) is 4.81. The highest BCUT2D eigenvalue weighted by atomic mass is 35.5. The molecule has 108 valence electrons. The molecule has 0 unspecified atom stereocenters. The fourth-order valence-electron chi connectivity index (χ4n) is 1.85. The number of amides is 2. The van der Waals surface area contributed by atoms with Gasteiger partial charge in [-0.2, -0.15) is 0 Å². The van der Waals surface area contributed by atoms with Crippen LogP contribution in [0.15, 0.2) is 48.5 Å². The van der Waals surface area contributed by atoms with E-state index in [1.807, 2.05) is 5.43 Å². The van der Waals surface area contributed by atoms with Crippen LogP contribution in [0.5, 0.6) is 0 Å². The molecular formula is C15H14ClN3O2. The van der Waals surface area contributed by atoms with Gasteiger partial charge in [-0.15, -0.1) is 0 Å². The van der Waals surface area contributed by atoms with Gasteiger partial charge in [-0.3, -0.25) is 15.0 Å². The summed E-state index contributed by atoms with van der Waals surface area (Å²) in [6.07, 6.45) is 0.190. The Balaban J connectivity index is 2.09. The smallest absolute Gasteiger partial charge is 0.267 e. The third-order valence-electron chi connectivity index (χ3n) is 2.85. The van der Waals surface area contributed by atoms with E-state index in [9.17, 15) is 9.59 Å². The highest BCUT2D eigenvalue weighted by molar-refractivity contribution is 6.30. The number of nitrogens with two attached hydrogens (primary N) is 1. The van der Waals surface area contributed by atoms with E-state index in [1.54, 1.807) is 48.5 Å². The van der Waals surface area contributed by atoms with Gasteiger partial charge in [-0.25, -0.2) is 5.84 Å². The van der Waals surface area contributed by atoms with Crippen LogP contribution in [0.1, 0.15) is 15.9 Å². The molecule has 0 atom stereocenters. The summed E-state index contributed by atoms with van der Waals surface area (Å²) in [7, 11) is 0. The van der Waals surface area contributed by atoms with Gasteiger partial charge in [0.05, 0.1) is 17.7 Å². The summed E-state index contributed by atoms with van der Waals surface area (Å²) in [6.45, 7) is 0. The van der Waals surface area contributed by atoms with Gasteiger partial charge >= 0.3 is 0 Å². The lowest BCUT2D eigenvalue weighted by Crippen LogP contribution is -2.31. The minimum absolute atomic E-state index is 0.190. The van der Waals surface area contributed by atoms with E-state index >= 15 is 0 Å². The van der Waals surface area contributed by atoms with Gasteiger partial charge in [0.2, 0.25) is 5.91 Å². The minimum Gasteiger partial charge on any atom is -0.325 e. The number of benzene rings is 2. The number of hydrogen-bond acceptors (Lipinski definition) is 3. The molecule has 2 amide bonds. The van der Waals surface area contributed by atoms with Gasteiger partial charge in [0.1, 0.15) is 0 Å². The van der Waals surface area contributed by atoms with Crippen LogP contribution in [0.2, 0.25) is 5.02 Å². The molecule has 2 aromatic rings. The van der Waals surface area contributed by atoms with Gasteiger partial charge in [-0.1, -0.05) is 35.9 Å². The average molecular weight is 304 g/mol. The van der Waals surface area contributed by atoms with Crippen molar-refractivity contribution in [1.29, 1.82) is 0 Å². The Bertz CT molecular complexity index is 656. The molecule has 0 aromatic heterocycles. The number of nitrogens with one attached hydrogen (secondary N) is 2. The summed E-state index contributed by atoms with van der Waals surface area (Å²) in [5.41, 5.74) is 3.60. The van der Waals surface area contributed by atoms with Crippen LogP contribution >= 0.6 is 11.6 Å². The largest absolute Gasteiger partial charge is 0.325 e. The van der Waals surface area contributed by atoms with Gasteiger partial charge in [0.15, 0.2) is 0 Å². The van der Waals surface area contributed by atoms with E-state index in [4.69, 9.17) is 17.4 Å². The van der Waals surface area contributed by atoms with Gasteiger partial charge < -0.3 is 5.32 Å². The molecule has 0 aliphatic carbocycles. The first-order chi connectivity index (χ1) is 10.1. The maximum absolute atomic E-state index is 12.0. The molecule has 0 radical (unpaired) electrons. The summed E-state index contributed by atoms with van der Waals surface area (Å²) in [5.74, 6) is 4.43. The van der Waals surface area contributed by atoms with Crippen molar-refractivity contribution in [3.05, 3.63) is 64.7 Å². The van der Waals surface area contributed by atoms with Crippen molar-refractivity contribution >= 4 is 29.1 Å². The molecular weight excluding hydrogens is 290 g/mol. The SMILES string of the molecule is NNC(=O)c1ccccc1NC(=O)Cc1ccc(Cl)cc1. The van der Waals surface area contributed by atoms with Crippen LogP contribution in [0, 0.1) is 0 Å². The number of nitrogen functional groups attached to an aromatic ring is 1. The zero-order valence-corrected chi connectivity index (χ0v) is 11.9. The van der Waals surface area contributed by atoms with E-state index in [-0.39, 0.29) is 12.3 Å². The number of anilines is 1. The van der Waals surface area contributed by atoms with E-state index in [2.05, 4.69) is 5.32 Å². The van der Waals surface area contributed by atoms with Crippen LogP contribution in [0.4, 0.5) is 5.69 Å². The molecule has 0 saturated heterocycles. The Hall–Kier alpha value is -2.37. The van der Waals surface area contributed by atoms with Gasteiger partial charge in [-0.05, 0) is 29.8 Å². The Morgan fingerprint density at radius 2 is 1.71 bits per heavy atom. The first-order valence-electron chi connectivity index (χ1n) is 6.24. The van der Waals surface area contributed by atoms with Crippen molar-refractivity contribution < 1.29 is 9.59 Å². The quantitative estimate of drug-likeness (QED) is 0.459. The summed E-state index contributed by atoms with van der Waals surface area (Å²) in [4.78, 5) is 23.6. The van der Waals surface area contributed by atoms with Crippen molar-refractivity contribution in [2.75, 3.05) is 5.32 Å². The minimum atomic E-state index is -0.461. The lowest BCUT2D eigenvalue weighted by Gasteiger charge is -2.10. The van der Waals surface area contributed by atoms with Crippen molar-refractivity contribution in [2.45, 2.75) is 6.42 Å². The van der Waals surface area contributed by atoms with Crippen LogP contribution in [-0.4, -0.2) is 11.8 Å². The fourth-order valence-corrected chi connectivity index (χ4v) is 1.98. The Morgan fingerprint density at radius 3 is 2.38 bits per heavy atom. The molecule has 4 N–H and O–H groups in total. The number of para-hydroxylation sites is 1. The third-order valence-corrected chi connectivity index (χ3v) is 3.11. The van der Waals surface area contributed by atoms with E-state index in [1.165, 1.54) is 0 Å². The van der Waals surface area contributed by atoms with E-state index in [0.717, 1.165) is 5.56 Å². The van der Waals surface area contributed by atoms with Crippen molar-refractivity contribution in [2.24, 2.45) is 5.84 Å². The first kappa shape index (κ1) is 15.0. The number of carbonyl (C=O) groups is 2. The standard InChI is InChI=1S/C15H14ClN3O2/c16-11-7-5-10(6-8-11)9-14(20)18-13-4-2-1-3-12(13)15(21)19-17/h1-8H,9,17H2,(H,18,20)(H,19,21). The van der Waals surface area contributed by atoms with E-state index in [0.29, 0.717) is 16.3 Å². The molecule has 21 heavy (non-hydrogen) atoms. The van der Waals surface area contributed by atoms with Crippen molar-refractivity contribution in [3.8, 4) is 0 Å². The predicted molar refractivity (Wildman–Crippen MR) is 81.9 cm³/mol. The second kappa shape index (κ2) is 6.88. The molecule has 0 aliphatic rings. The number of halogens is 1. The highest BCUT2D eigenvalue weighted by Crippen LogP contribution is 2.16.